The summed E-state index contributed by atoms with van der Waals surface area (Å²) in [6.45, 7) is 0.886. The molecule has 2 nitrogen and oxygen atoms in total. The molecule has 2 saturated heterocycles. The molecule has 1 aliphatic carbocycles. The summed E-state index contributed by atoms with van der Waals surface area (Å²) in [6, 6.07) is 0. The average Bonchev–Trinajstić information content (AvgIpc) is 2.69. The average molecular weight is 266 g/mol. The van der Waals surface area contributed by atoms with Crippen LogP contribution in [0.3, 0.4) is 0 Å². The number of carbonyl (C=O) groups excluding carboxylic acids is 1. The maximum absolute atomic E-state index is 11.7. The van der Waals surface area contributed by atoms with Crippen LogP contribution in [0.1, 0.15) is 44.9 Å². The van der Waals surface area contributed by atoms with Gasteiger partial charge in [-0.25, -0.2) is 0 Å². The molecule has 0 aromatic heterocycles. The minimum absolute atomic E-state index is 0.143. The van der Waals surface area contributed by atoms with Crippen LogP contribution >= 0.6 is 11.8 Å². The van der Waals surface area contributed by atoms with E-state index in [0.717, 1.165) is 44.5 Å². The van der Waals surface area contributed by atoms with Crippen molar-refractivity contribution >= 4 is 17.5 Å². The highest BCUT2D eigenvalue weighted by Crippen LogP contribution is 2.43. The van der Waals surface area contributed by atoms with Crippen LogP contribution in [0.15, 0.2) is 11.6 Å². The largest absolute Gasteiger partial charge is 0.374 e. The lowest BCUT2D eigenvalue weighted by Gasteiger charge is -2.38. The molecule has 3 rings (SSSR count). The Kier molecular flexibility index (Phi) is 3.81. The Morgan fingerprint density at radius 3 is 3.06 bits per heavy atom. The Hall–Kier alpha value is -0.280. The predicted octanol–water partition coefficient (Wildman–Crippen LogP) is 3.36. The van der Waals surface area contributed by atoms with Gasteiger partial charge in [-0.05, 0) is 56.3 Å². The molecule has 2 unspecified atom stereocenters. The molecule has 0 radical (unpaired) electrons. The topological polar surface area (TPSA) is 26.3 Å². The first-order valence-corrected chi connectivity index (χ1v) is 8.38. The van der Waals surface area contributed by atoms with E-state index in [9.17, 15) is 4.79 Å². The fraction of sp³-hybridized carbons (Fsp3) is 0.800. The van der Waals surface area contributed by atoms with Crippen LogP contribution in [0.4, 0.5) is 0 Å². The number of thioether (sulfide) groups is 1. The quantitative estimate of drug-likeness (QED) is 0.728. The second-order valence-corrected chi connectivity index (χ2v) is 7.02. The highest BCUT2D eigenvalue weighted by Gasteiger charge is 2.41. The fourth-order valence-electron chi connectivity index (χ4n) is 3.51. The molecule has 1 spiro atoms. The van der Waals surface area contributed by atoms with Crippen LogP contribution < -0.4 is 0 Å². The lowest BCUT2D eigenvalue weighted by Crippen LogP contribution is -2.40. The van der Waals surface area contributed by atoms with Gasteiger partial charge in [-0.1, -0.05) is 5.57 Å². The molecular formula is C15H22O2S. The predicted molar refractivity (Wildman–Crippen MR) is 74.9 cm³/mol. The summed E-state index contributed by atoms with van der Waals surface area (Å²) < 4.78 is 6.07. The number of ketones is 1. The summed E-state index contributed by atoms with van der Waals surface area (Å²) in [5.74, 6) is 3.36. The lowest BCUT2D eigenvalue weighted by molar-refractivity contribution is -0.114. The highest BCUT2D eigenvalue weighted by molar-refractivity contribution is 7.99. The number of rotatable bonds is 1. The molecule has 0 saturated carbocycles. The molecule has 0 bridgehead atoms. The van der Waals surface area contributed by atoms with E-state index in [0.29, 0.717) is 11.7 Å². The van der Waals surface area contributed by atoms with E-state index in [1.54, 1.807) is 0 Å². The molecule has 2 aliphatic heterocycles. The zero-order chi connectivity index (χ0) is 12.4. The molecule has 2 fully saturated rings. The van der Waals surface area contributed by atoms with Crippen LogP contribution in [0, 0.1) is 5.92 Å². The van der Waals surface area contributed by atoms with Gasteiger partial charge in [0.25, 0.3) is 0 Å². The zero-order valence-corrected chi connectivity index (χ0v) is 11.8. The molecular weight excluding hydrogens is 244 g/mol. The molecule has 3 heteroatoms. The van der Waals surface area contributed by atoms with Crippen molar-refractivity contribution in [1.29, 1.82) is 0 Å². The van der Waals surface area contributed by atoms with Gasteiger partial charge in [0, 0.05) is 18.8 Å². The molecule has 18 heavy (non-hydrogen) atoms. The maximum Gasteiger partial charge on any atom is 0.155 e. The number of hydrogen-bond acceptors (Lipinski definition) is 3. The van der Waals surface area contributed by atoms with Crippen molar-refractivity contribution in [2.24, 2.45) is 5.92 Å². The third-order valence-corrected chi connectivity index (χ3v) is 5.79. The van der Waals surface area contributed by atoms with Crippen molar-refractivity contribution in [3.8, 4) is 0 Å². The van der Waals surface area contributed by atoms with Crippen LogP contribution in [0.25, 0.3) is 0 Å². The van der Waals surface area contributed by atoms with E-state index < -0.39 is 0 Å². The zero-order valence-electron chi connectivity index (χ0n) is 11.0. The Morgan fingerprint density at radius 1 is 1.33 bits per heavy atom. The summed E-state index contributed by atoms with van der Waals surface area (Å²) in [5.41, 5.74) is 1.57. The van der Waals surface area contributed by atoms with Crippen LogP contribution in [0.2, 0.25) is 0 Å². The molecule has 3 aliphatic rings. The Morgan fingerprint density at radius 2 is 2.22 bits per heavy atom. The molecule has 0 aromatic rings. The Bertz CT molecular complexity index is 356. The first kappa shape index (κ1) is 12.7. The molecule has 0 N–H and O–H groups in total. The van der Waals surface area contributed by atoms with E-state index in [-0.39, 0.29) is 5.60 Å². The number of ether oxygens (including phenoxy) is 1. The molecule has 100 valence electrons. The minimum atomic E-state index is 0.143. The van der Waals surface area contributed by atoms with Crippen molar-refractivity contribution in [2.75, 3.05) is 18.1 Å². The highest BCUT2D eigenvalue weighted by atomic mass is 32.2. The Balaban J connectivity index is 1.73. The Labute approximate surface area is 114 Å². The smallest absolute Gasteiger partial charge is 0.155 e. The summed E-state index contributed by atoms with van der Waals surface area (Å²) in [5, 5.41) is 0. The molecule has 2 heterocycles. The van der Waals surface area contributed by atoms with Crippen molar-refractivity contribution in [1.82, 2.24) is 0 Å². The van der Waals surface area contributed by atoms with Gasteiger partial charge in [-0.3, -0.25) is 4.79 Å². The second kappa shape index (κ2) is 5.38. The van der Waals surface area contributed by atoms with Crippen LogP contribution in [-0.2, 0) is 9.53 Å². The van der Waals surface area contributed by atoms with Crippen molar-refractivity contribution in [2.45, 2.75) is 50.5 Å². The number of hydrogen-bond donors (Lipinski definition) is 0. The first-order chi connectivity index (χ1) is 8.77. The van der Waals surface area contributed by atoms with Gasteiger partial charge in [-0.2, -0.15) is 11.8 Å². The maximum atomic E-state index is 11.7. The van der Waals surface area contributed by atoms with Crippen LogP contribution in [-0.4, -0.2) is 29.5 Å². The third kappa shape index (κ3) is 2.67. The molecule has 2 atom stereocenters. The van der Waals surface area contributed by atoms with Crippen LogP contribution in [0.5, 0.6) is 0 Å². The van der Waals surface area contributed by atoms with Gasteiger partial charge < -0.3 is 4.74 Å². The number of allylic oxidation sites excluding steroid dienone is 2. The summed E-state index contributed by atoms with van der Waals surface area (Å²) in [6.07, 6.45) is 9.60. The van der Waals surface area contributed by atoms with Crippen molar-refractivity contribution in [3.63, 3.8) is 0 Å². The van der Waals surface area contributed by atoms with E-state index in [1.165, 1.54) is 24.2 Å². The van der Waals surface area contributed by atoms with E-state index in [2.05, 4.69) is 0 Å². The molecule has 0 aromatic carbocycles. The van der Waals surface area contributed by atoms with Gasteiger partial charge >= 0.3 is 0 Å². The second-order valence-electron chi connectivity index (χ2n) is 5.92. The summed E-state index contributed by atoms with van der Waals surface area (Å²) >= 11 is 2.02. The van der Waals surface area contributed by atoms with E-state index in [4.69, 9.17) is 4.74 Å². The van der Waals surface area contributed by atoms with Gasteiger partial charge in [0.15, 0.2) is 5.78 Å². The van der Waals surface area contributed by atoms with Crippen molar-refractivity contribution < 1.29 is 9.53 Å². The van der Waals surface area contributed by atoms with Gasteiger partial charge in [0.2, 0.25) is 0 Å². The summed E-state index contributed by atoms with van der Waals surface area (Å²) in [4.78, 5) is 11.7. The number of carbonyl (C=O) groups is 1. The minimum Gasteiger partial charge on any atom is -0.374 e. The van der Waals surface area contributed by atoms with E-state index >= 15 is 0 Å². The van der Waals surface area contributed by atoms with E-state index in [1.807, 2.05) is 17.8 Å². The SMILES string of the molecule is O=C1C=C(C2CCOC3(CCSC3)C2)CCCC1. The van der Waals surface area contributed by atoms with Crippen molar-refractivity contribution in [3.05, 3.63) is 11.6 Å². The first-order valence-electron chi connectivity index (χ1n) is 7.22. The lowest BCUT2D eigenvalue weighted by atomic mass is 9.80. The van der Waals surface area contributed by atoms with Gasteiger partial charge in [0.1, 0.15) is 0 Å². The monoisotopic (exact) mass is 266 g/mol. The standard InChI is InChI=1S/C15H22O2S/c16-14-4-2-1-3-12(9-14)13-5-7-17-15(10-13)6-8-18-11-15/h9,13H,1-8,10-11H2. The summed E-state index contributed by atoms with van der Waals surface area (Å²) in [7, 11) is 0. The third-order valence-electron chi connectivity index (χ3n) is 4.57. The fourth-order valence-corrected chi connectivity index (χ4v) is 4.89. The molecule has 0 amide bonds. The normalized spacial score (nSPS) is 37.7. The van der Waals surface area contributed by atoms with Gasteiger partial charge in [-0.15, -0.1) is 0 Å². The van der Waals surface area contributed by atoms with Gasteiger partial charge in [0.05, 0.1) is 5.60 Å².